The number of nitrogens with zero attached hydrogens (tertiary/aromatic N) is 3. The van der Waals surface area contributed by atoms with Crippen LogP contribution in [0.15, 0.2) is 164 Å². The van der Waals surface area contributed by atoms with Crippen molar-refractivity contribution in [1.29, 1.82) is 0 Å². The van der Waals surface area contributed by atoms with Gasteiger partial charge in [0.2, 0.25) is 0 Å². The summed E-state index contributed by atoms with van der Waals surface area (Å²) in [7, 11) is 0. The van der Waals surface area contributed by atoms with Crippen LogP contribution in [0.5, 0.6) is 0 Å². The fourth-order valence-electron chi connectivity index (χ4n) is 8.09. The zero-order chi connectivity index (χ0) is 34.8. The fraction of sp³-hybridized carbons (Fsp3) is 0.0408. The molecule has 244 valence electrons. The van der Waals surface area contributed by atoms with Crippen molar-refractivity contribution < 1.29 is 0 Å². The van der Waals surface area contributed by atoms with E-state index in [0.29, 0.717) is 0 Å². The number of pyridine rings is 3. The van der Waals surface area contributed by atoms with Gasteiger partial charge in [0.15, 0.2) is 0 Å². The molecule has 0 aliphatic heterocycles. The molecule has 52 heavy (non-hydrogen) atoms. The quantitative estimate of drug-likeness (QED) is 0.139. The molecule has 0 amide bonds. The predicted molar refractivity (Wildman–Crippen MR) is 219 cm³/mol. The Morgan fingerprint density at radius 1 is 0.385 bits per heavy atom. The second kappa shape index (κ2) is 12.0. The molecule has 0 aliphatic carbocycles. The lowest BCUT2D eigenvalue weighted by Crippen LogP contribution is -1.93. The molecule has 3 heterocycles. The van der Waals surface area contributed by atoms with Gasteiger partial charge in [-0.25, -0.2) is 4.98 Å². The highest BCUT2D eigenvalue weighted by molar-refractivity contribution is 6.21. The van der Waals surface area contributed by atoms with Crippen LogP contribution in [-0.2, 0) is 0 Å². The van der Waals surface area contributed by atoms with Gasteiger partial charge in [-0.05, 0) is 110 Å². The van der Waals surface area contributed by atoms with Crippen molar-refractivity contribution in [3.63, 3.8) is 0 Å². The summed E-state index contributed by atoms with van der Waals surface area (Å²) in [6.07, 6.45) is 3.70. The van der Waals surface area contributed by atoms with Crippen molar-refractivity contribution in [2.45, 2.75) is 13.8 Å². The minimum absolute atomic E-state index is 0.933. The zero-order valence-corrected chi connectivity index (χ0v) is 28.9. The topological polar surface area (TPSA) is 38.7 Å². The third-order valence-corrected chi connectivity index (χ3v) is 10.6. The summed E-state index contributed by atoms with van der Waals surface area (Å²) in [5.41, 5.74) is 13.6. The summed E-state index contributed by atoms with van der Waals surface area (Å²) in [6, 6.07) is 54.9. The van der Waals surface area contributed by atoms with Crippen molar-refractivity contribution in [3.8, 4) is 44.6 Å². The molecule has 10 rings (SSSR count). The summed E-state index contributed by atoms with van der Waals surface area (Å²) < 4.78 is 0. The summed E-state index contributed by atoms with van der Waals surface area (Å²) in [6.45, 7) is 4.29. The largest absolute Gasteiger partial charge is 0.261 e. The predicted octanol–water partition coefficient (Wildman–Crippen LogP) is 12.9. The first-order valence-electron chi connectivity index (χ1n) is 17.8. The SMILES string of the molecule is Cc1cc(-c2c3ccccc3c(-c3ccc4cc(-c5ccc6ccc7cccnc7c6n5)ccc4c3)c3ccccc23)ccc1-c1cccnc1C. The highest BCUT2D eigenvalue weighted by atomic mass is 14.7. The molecule has 10 aromatic rings. The lowest BCUT2D eigenvalue weighted by Gasteiger charge is -2.19. The Labute approximate surface area is 301 Å². The van der Waals surface area contributed by atoms with Crippen LogP contribution in [0.4, 0.5) is 0 Å². The Morgan fingerprint density at radius 2 is 0.923 bits per heavy atom. The Morgan fingerprint density at radius 3 is 1.60 bits per heavy atom. The molecule has 3 nitrogen and oxygen atoms in total. The first kappa shape index (κ1) is 30.1. The molecule has 7 aromatic carbocycles. The lowest BCUT2D eigenvalue weighted by molar-refractivity contribution is 1.20. The van der Waals surface area contributed by atoms with Gasteiger partial charge in [-0.15, -0.1) is 0 Å². The van der Waals surface area contributed by atoms with Gasteiger partial charge in [0.25, 0.3) is 0 Å². The van der Waals surface area contributed by atoms with E-state index in [1.54, 1.807) is 0 Å². The molecule has 0 atom stereocenters. The monoisotopic (exact) mass is 663 g/mol. The molecular formula is C49H33N3. The third kappa shape index (κ3) is 4.85. The average Bonchev–Trinajstić information content (AvgIpc) is 3.19. The molecule has 0 spiro atoms. The molecule has 3 aromatic heterocycles. The molecule has 3 heteroatoms. The summed E-state index contributed by atoms with van der Waals surface area (Å²) in [5.74, 6) is 0. The number of hydrogen-bond donors (Lipinski definition) is 0. The number of rotatable bonds is 4. The molecule has 0 fully saturated rings. The molecule has 0 unspecified atom stereocenters. The van der Waals surface area contributed by atoms with Crippen molar-refractivity contribution in [2.75, 3.05) is 0 Å². The molecule has 0 radical (unpaired) electrons. The van der Waals surface area contributed by atoms with Crippen LogP contribution in [0.3, 0.4) is 0 Å². The summed E-state index contributed by atoms with van der Waals surface area (Å²) >= 11 is 0. The van der Waals surface area contributed by atoms with Gasteiger partial charge in [-0.2, -0.15) is 0 Å². The fourth-order valence-corrected chi connectivity index (χ4v) is 8.09. The minimum Gasteiger partial charge on any atom is -0.261 e. The van der Waals surface area contributed by atoms with E-state index in [0.717, 1.165) is 38.8 Å². The zero-order valence-electron chi connectivity index (χ0n) is 28.9. The van der Waals surface area contributed by atoms with Crippen molar-refractivity contribution in [3.05, 3.63) is 175 Å². The van der Waals surface area contributed by atoms with Crippen LogP contribution in [0.2, 0.25) is 0 Å². The lowest BCUT2D eigenvalue weighted by atomic mass is 9.84. The Kier molecular flexibility index (Phi) is 6.94. The molecular weight excluding hydrogens is 631 g/mol. The second-order valence-corrected chi connectivity index (χ2v) is 13.7. The molecule has 0 bridgehead atoms. The van der Waals surface area contributed by atoms with Crippen molar-refractivity contribution >= 4 is 54.1 Å². The van der Waals surface area contributed by atoms with Gasteiger partial charge in [0, 0.05) is 40.0 Å². The van der Waals surface area contributed by atoms with Crippen LogP contribution < -0.4 is 0 Å². The highest BCUT2D eigenvalue weighted by Gasteiger charge is 2.18. The maximum Gasteiger partial charge on any atom is 0.0972 e. The third-order valence-electron chi connectivity index (χ3n) is 10.6. The number of aromatic nitrogens is 3. The maximum absolute atomic E-state index is 5.11. The number of benzene rings is 7. The molecule has 0 saturated carbocycles. The van der Waals surface area contributed by atoms with E-state index >= 15 is 0 Å². The standard InChI is InChI=1S/C49H33N3/c1-30-27-37(21-23-39(30)40-14-8-25-50-31(40)2)46-41-10-3-5-12-43(41)47(44-13-6-4-11-42(44)46)38-20-18-34-28-36(19-17-35(34)29-38)45-24-22-33-16-15-32-9-7-26-51-48(32)49(33)52-45/h3-29H,1-2H3. The maximum atomic E-state index is 5.11. The van der Waals surface area contributed by atoms with E-state index in [1.165, 1.54) is 71.3 Å². The van der Waals surface area contributed by atoms with E-state index in [2.05, 4.69) is 163 Å². The van der Waals surface area contributed by atoms with E-state index in [-0.39, 0.29) is 0 Å². The van der Waals surface area contributed by atoms with Crippen LogP contribution >= 0.6 is 0 Å². The first-order chi connectivity index (χ1) is 25.6. The van der Waals surface area contributed by atoms with Crippen LogP contribution in [0.1, 0.15) is 11.3 Å². The van der Waals surface area contributed by atoms with Gasteiger partial charge >= 0.3 is 0 Å². The van der Waals surface area contributed by atoms with Gasteiger partial charge < -0.3 is 0 Å². The van der Waals surface area contributed by atoms with Crippen LogP contribution in [0.25, 0.3) is 98.8 Å². The normalized spacial score (nSPS) is 11.7. The van der Waals surface area contributed by atoms with Crippen molar-refractivity contribution in [1.82, 2.24) is 15.0 Å². The van der Waals surface area contributed by atoms with E-state index in [1.807, 2.05) is 24.5 Å². The summed E-state index contributed by atoms with van der Waals surface area (Å²) in [5, 5.41) is 9.57. The Hall–Kier alpha value is -6.71. The van der Waals surface area contributed by atoms with Crippen molar-refractivity contribution in [2.24, 2.45) is 0 Å². The number of fused-ring (bicyclic) bond motifs is 6. The van der Waals surface area contributed by atoms with Crippen LogP contribution in [-0.4, -0.2) is 15.0 Å². The van der Waals surface area contributed by atoms with Crippen LogP contribution in [0, 0.1) is 13.8 Å². The molecule has 0 saturated heterocycles. The van der Waals surface area contributed by atoms with Gasteiger partial charge in [0.1, 0.15) is 0 Å². The van der Waals surface area contributed by atoms with E-state index in [9.17, 15) is 0 Å². The number of hydrogen-bond acceptors (Lipinski definition) is 3. The highest BCUT2D eigenvalue weighted by Crippen LogP contribution is 2.45. The van der Waals surface area contributed by atoms with Gasteiger partial charge in [0.05, 0.1) is 16.7 Å². The Balaban J connectivity index is 1.11. The Bertz CT molecular complexity index is 2990. The summed E-state index contributed by atoms with van der Waals surface area (Å²) in [4.78, 5) is 14.3. The minimum atomic E-state index is 0.933. The van der Waals surface area contributed by atoms with Gasteiger partial charge in [-0.3, -0.25) is 9.97 Å². The smallest absolute Gasteiger partial charge is 0.0972 e. The second-order valence-electron chi connectivity index (χ2n) is 13.7. The van der Waals surface area contributed by atoms with Gasteiger partial charge in [-0.1, -0.05) is 121 Å². The molecule has 0 aliphatic rings. The number of aryl methyl sites for hydroxylation is 2. The average molecular weight is 664 g/mol. The van der Waals surface area contributed by atoms with E-state index < -0.39 is 0 Å². The molecule has 0 N–H and O–H groups in total. The van der Waals surface area contributed by atoms with E-state index in [4.69, 9.17) is 4.98 Å². The first-order valence-corrected chi connectivity index (χ1v) is 17.8.